The summed E-state index contributed by atoms with van der Waals surface area (Å²) >= 11 is 1.43. The van der Waals surface area contributed by atoms with E-state index in [1.165, 1.54) is 24.0 Å². The maximum Gasteiger partial charge on any atom is 0.254 e. The van der Waals surface area contributed by atoms with Gasteiger partial charge in [-0.3, -0.25) is 19.1 Å². The third-order valence-corrected chi connectivity index (χ3v) is 5.13. The molecule has 4 rings (SSSR count). The van der Waals surface area contributed by atoms with Crippen LogP contribution < -0.4 is 10.9 Å². The third-order valence-electron chi connectivity index (χ3n) is 3.98. The zero-order valence-corrected chi connectivity index (χ0v) is 13.5. The lowest BCUT2D eigenvalue weighted by molar-refractivity contribution is -0.119. The molecule has 3 aromatic rings. The molecule has 0 saturated carbocycles. The molecular formula is C17H14N4O2S. The smallest absolute Gasteiger partial charge is 0.254 e. The number of rotatable bonds is 2. The van der Waals surface area contributed by atoms with Crippen LogP contribution in [0.5, 0.6) is 0 Å². The van der Waals surface area contributed by atoms with Gasteiger partial charge in [-0.2, -0.15) is 0 Å². The van der Waals surface area contributed by atoms with Crippen LogP contribution in [0.4, 0.5) is 5.69 Å². The molecule has 1 unspecified atom stereocenters. The van der Waals surface area contributed by atoms with Crippen LogP contribution in [0.15, 0.2) is 58.7 Å². The van der Waals surface area contributed by atoms with Crippen molar-refractivity contribution in [3.8, 4) is 0 Å². The van der Waals surface area contributed by atoms with E-state index in [1.807, 2.05) is 30.3 Å². The molecule has 2 aromatic heterocycles. The van der Waals surface area contributed by atoms with Crippen LogP contribution in [0.1, 0.15) is 0 Å². The summed E-state index contributed by atoms with van der Waals surface area (Å²) in [6.45, 7) is 0.346. The fourth-order valence-corrected chi connectivity index (χ4v) is 3.81. The molecule has 0 saturated heterocycles. The predicted molar refractivity (Wildman–Crippen MR) is 93.1 cm³/mol. The molecule has 6 nitrogen and oxygen atoms in total. The molecule has 120 valence electrons. The number of anilines is 1. The summed E-state index contributed by atoms with van der Waals surface area (Å²) in [5.41, 5.74) is 1.32. The minimum absolute atomic E-state index is 0.109. The molecule has 1 aliphatic rings. The third kappa shape index (κ3) is 2.67. The number of hydrogen-bond donors (Lipinski definition) is 1. The van der Waals surface area contributed by atoms with Gasteiger partial charge in [-0.25, -0.2) is 4.98 Å². The number of benzene rings is 1. The quantitative estimate of drug-likeness (QED) is 0.725. The van der Waals surface area contributed by atoms with Gasteiger partial charge in [0.05, 0.1) is 17.1 Å². The normalized spacial score (nSPS) is 16.6. The number of nitrogens with zero attached hydrogens (tertiary/aromatic N) is 3. The standard InChI is InChI=1S/C17H14N4O2S/c22-14-6-8-19-17-21(14)9-12(10-24-17)16(23)20-13-5-1-3-11-4-2-7-18-15(11)13/h1-8,12H,9-10H2,(H,20,23). The Bertz CT molecular complexity index is 980. The summed E-state index contributed by atoms with van der Waals surface area (Å²) in [7, 11) is 0. The Morgan fingerprint density at radius 1 is 1.17 bits per heavy atom. The van der Waals surface area contributed by atoms with Gasteiger partial charge in [-0.15, -0.1) is 0 Å². The van der Waals surface area contributed by atoms with E-state index in [0.717, 1.165) is 10.9 Å². The Morgan fingerprint density at radius 2 is 2.04 bits per heavy atom. The lowest BCUT2D eigenvalue weighted by Gasteiger charge is -2.24. The lowest BCUT2D eigenvalue weighted by Crippen LogP contribution is -2.36. The Hall–Kier alpha value is -2.67. The maximum absolute atomic E-state index is 12.6. The molecule has 7 heteroatoms. The minimum Gasteiger partial charge on any atom is -0.324 e. The highest BCUT2D eigenvalue weighted by molar-refractivity contribution is 7.99. The average Bonchev–Trinajstić information content (AvgIpc) is 2.62. The van der Waals surface area contributed by atoms with Crippen molar-refractivity contribution in [2.24, 2.45) is 5.92 Å². The number of thioether (sulfide) groups is 1. The minimum atomic E-state index is -0.289. The Labute approximate surface area is 141 Å². The molecule has 0 bridgehead atoms. The molecule has 1 amide bonds. The molecule has 1 N–H and O–H groups in total. The van der Waals surface area contributed by atoms with Crippen molar-refractivity contribution < 1.29 is 4.79 Å². The van der Waals surface area contributed by atoms with Crippen LogP contribution in [0.3, 0.4) is 0 Å². The Balaban J connectivity index is 1.59. The number of pyridine rings is 1. The van der Waals surface area contributed by atoms with Gasteiger partial charge in [-0.05, 0) is 12.1 Å². The van der Waals surface area contributed by atoms with E-state index in [-0.39, 0.29) is 17.4 Å². The van der Waals surface area contributed by atoms with E-state index < -0.39 is 0 Å². The van der Waals surface area contributed by atoms with Gasteiger partial charge in [-0.1, -0.05) is 30.0 Å². The molecule has 0 radical (unpaired) electrons. The molecule has 24 heavy (non-hydrogen) atoms. The summed E-state index contributed by atoms with van der Waals surface area (Å²) in [4.78, 5) is 33.1. The highest BCUT2D eigenvalue weighted by atomic mass is 32.2. The van der Waals surface area contributed by atoms with Gasteiger partial charge in [0.25, 0.3) is 5.56 Å². The van der Waals surface area contributed by atoms with E-state index in [2.05, 4.69) is 15.3 Å². The zero-order valence-electron chi connectivity index (χ0n) is 12.7. The molecule has 1 aromatic carbocycles. The highest BCUT2D eigenvalue weighted by Gasteiger charge is 2.26. The number of carbonyl (C=O) groups is 1. The van der Waals surface area contributed by atoms with E-state index in [0.29, 0.717) is 23.1 Å². The fourth-order valence-electron chi connectivity index (χ4n) is 2.75. The van der Waals surface area contributed by atoms with Crippen LogP contribution >= 0.6 is 11.8 Å². The molecule has 1 atom stereocenters. The number of fused-ring (bicyclic) bond motifs is 2. The van der Waals surface area contributed by atoms with Crippen molar-refractivity contribution in [2.75, 3.05) is 11.1 Å². The van der Waals surface area contributed by atoms with Gasteiger partial charge < -0.3 is 5.32 Å². The molecule has 1 aliphatic heterocycles. The number of aromatic nitrogens is 3. The number of para-hydroxylation sites is 1. The highest BCUT2D eigenvalue weighted by Crippen LogP contribution is 2.26. The number of hydrogen-bond acceptors (Lipinski definition) is 5. The largest absolute Gasteiger partial charge is 0.324 e. The topological polar surface area (TPSA) is 76.9 Å². The van der Waals surface area contributed by atoms with Crippen molar-refractivity contribution >= 4 is 34.3 Å². The maximum atomic E-state index is 12.6. The van der Waals surface area contributed by atoms with Crippen LogP contribution in [0, 0.1) is 5.92 Å². The second kappa shape index (κ2) is 6.09. The number of carbonyl (C=O) groups excluding carboxylic acids is 1. The fraction of sp³-hybridized carbons (Fsp3) is 0.176. The van der Waals surface area contributed by atoms with Crippen LogP contribution in [0.25, 0.3) is 10.9 Å². The molecule has 0 aliphatic carbocycles. The monoisotopic (exact) mass is 338 g/mol. The summed E-state index contributed by atoms with van der Waals surface area (Å²) in [5.74, 6) is 0.200. The van der Waals surface area contributed by atoms with Crippen LogP contribution in [-0.4, -0.2) is 26.2 Å². The predicted octanol–water partition coefficient (Wildman–Crippen LogP) is 2.15. The zero-order chi connectivity index (χ0) is 16.5. The summed E-state index contributed by atoms with van der Waals surface area (Å²) in [6.07, 6.45) is 3.21. The van der Waals surface area contributed by atoms with Crippen LogP contribution in [0.2, 0.25) is 0 Å². The summed E-state index contributed by atoms with van der Waals surface area (Å²) < 4.78 is 1.56. The first kappa shape index (κ1) is 14.9. The molecular weight excluding hydrogens is 324 g/mol. The van der Waals surface area contributed by atoms with Gasteiger partial charge in [0.15, 0.2) is 5.16 Å². The van der Waals surface area contributed by atoms with Gasteiger partial charge in [0, 0.05) is 36.1 Å². The summed E-state index contributed by atoms with van der Waals surface area (Å²) in [5, 5.41) is 4.59. The van der Waals surface area contributed by atoms with Gasteiger partial charge >= 0.3 is 0 Å². The first-order valence-electron chi connectivity index (χ1n) is 7.55. The SMILES string of the molecule is O=C(Nc1cccc2cccnc12)C1CSc2nccc(=O)n2C1. The van der Waals surface area contributed by atoms with E-state index in [4.69, 9.17) is 0 Å². The van der Waals surface area contributed by atoms with Gasteiger partial charge in [0.2, 0.25) is 5.91 Å². The molecule has 3 heterocycles. The molecule has 0 fully saturated rings. The Kier molecular flexibility index (Phi) is 3.78. The van der Waals surface area contributed by atoms with Crippen LogP contribution in [-0.2, 0) is 11.3 Å². The second-order valence-electron chi connectivity index (χ2n) is 5.55. The van der Waals surface area contributed by atoms with E-state index in [1.54, 1.807) is 10.8 Å². The van der Waals surface area contributed by atoms with E-state index >= 15 is 0 Å². The van der Waals surface area contributed by atoms with Crippen molar-refractivity contribution in [3.05, 3.63) is 59.1 Å². The van der Waals surface area contributed by atoms with Gasteiger partial charge in [0.1, 0.15) is 0 Å². The average molecular weight is 338 g/mol. The van der Waals surface area contributed by atoms with Crippen molar-refractivity contribution in [3.63, 3.8) is 0 Å². The number of nitrogens with one attached hydrogen (secondary N) is 1. The first-order valence-corrected chi connectivity index (χ1v) is 8.54. The summed E-state index contributed by atoms with van der Waals surface area (Å²) in [6, 6.07) is 10.9. The Morgan fingerprint density at radius 3 is 2.96 bits per heavy atom. The van der Waals surface area contributed by atoms with Crippen molar-refractivity contribution in [1.29, 1.82) is 0 Å². The van der Waals surface area contributed by atoms with Crippen molar-refractivity contribution in [1.82, 2.24) is 14.5 Å². The molecule has 0 spiro atoms. The second-order valence-corrected chi connectivity index (χ2v) is 6.54. The van der Waals surface area contributed by atoms with E-state index in [9.17, 15) is 9.59 Å². The van der Waals surface area contributed by atoms with Crippen molar-refractivity contribution in [2.45, 2.75) is 11.7 Å². The number of amides is 1. The first-order chi connectivity index (χ1) is 11.7. The lowest BCUT2D eigenvalue weighted by atomic mass is 10.1.